The topological polar surface area (TPSA) is 47.6 Å². The summed E-state index contributed by atoms with van der Waals surface area (Å²) in [6.45, 7) is 4.48. The van der Waals surface area contributed by atoms with Gasteiger partial charge in [0, 0.05) is 6.04 Å². The lowest BCUT2D eigenvalue weighted by molar-refractivity contribution is 0.0887. The van der Waals surface area contributed by atoms with Crippen LogP contribution in [-0.2, 0) is 0 Å². The fourth-order valence-corrected chi connectivity index (χ4v) is 3.10. The van der Waals surface area contributed by atoms with Gasteiger partial charge in [0.2, 0.25) is 0 Å². The van der Waals surface area contributed by atoms with Crippen molar-refractivity contribution in [3.63, 3.8) is 0 Å². The van der Waals surface area contributed by atoms with Crippen LogP contribution in [0.2, 0.25) is 0 Å². The van der Waals surface area contributed by atoms with E-state index in [2.05, 4.69) is 19.2 Å². The van der Waals surface area contributed by atoms with Crippen LogP contribution in [0.1, 0.15) is 43.5 Å². The number of hydrogen-bond donors (Lipinski definition) is 1. The molecule has 21 heavy (non-hydrogen) atoms. The summed E-state index contributed by atoms with van der Waals surface area (Å²) in [7, 11) is 3.13. The number of benzene rings is 1. The Bertz CT molecular complexity index is 501. The van der Waals surface area contributed by atoms with Crippen LogP contribution in [0.25, 0.3) is 0 Å². The van der Waals surface area contributed by atoms with Gasteiger partial charge >= 0.3 is 0 Å². The van der Waals surface area contributed by atoms with Crippen LogP contribution in [0, 0.1) is 11.8 Å². The van der Waals surface area contributed by atoms with Gasteiger partial charge in [-0.1, -0.05) is 32.8 Å². The van der Waals surface area contributed by atoms with Crippen molar-refractivity contribution in [3.05, 3.63) is 23.8 Å². The van der Waals surface area contributed by atoms with E-state index in [4.69, 9.17) is 9.47 Å². The molecule has 0 heterocycles. The molecule has 1 fully saturated rings. The maximum absolute atomic E-state index is 12.6. The first-order valence-electron chi connectivity index (χ1n) is 7.60. The number of nitrogens with one attached hydrogen (secondary N) is 1. The fraction of sp³-hybridized carbons (Fsp3) is 0.588. The summed E-state index contributed by atoms with van der Waals surface area (Å²) in [6, 6.07) is 5.61. The van der Waals surface area contributed by atoms with Gasteiger partial charge in [0.15, 0.2) is 11.5 Å². The Labute approximate surface area is 126 Å². The molecule has 0 aromatic heterocycles. The molecule has 4 heteroatoms. The van der Waals surface area contributed by atoms with Crippen LogP contribution < -0.4 is 14.8 Å². The minimum atomic E-state index is -0.0864. The number of para-hydroxylation sites is 1. The fourth-order valence-electron chi connectivity index (χ4n) is 3.10. The lowest BCUT2D eigenvalue weighted by Gasteiger charge is -2.34. The number of rotatable bonds is 4. The van der Waals surface area contributed by atoms with Crippen molar-refractivity contribution in [2.75, 3.05) is 14.2 Å². The molecule has 116 valence electrons. The molecule has 3 atom stereocenters. The van der Waals surface area contributed by atoms with E-state index in [-0.39, 0.29) is 11.9 Å². The molecule has 0 radical (unpaired) electrons. The second-order valence-corrected chi connectivity index (χ2v) is 5.89. The number of carbonyl (C=O) groups is 1. The molecule has 3 unspecified atom stereocenters. The molecule has 1 aromatic rings. The predicted octanol–water partition coefficient (Wildman–Crippen LogP) is 3.26. The molecular weight excluding hydrogens is 266 g/mol. The zero-order valence-corrected chi connectivity index (χ0v) is 13.3. The molecule has 0 spiro atoms. The maximum Gasteiger partial charge on any atom is 0.255 e. The van der Waals surface area contributed by atoms with Crippen LogP contribution in [-0.4, -0.2) is 26.2 Å². The first-order valence-corrected chi connectivity index (χ1v) is 7.60. The molecule has 4 nitrogen and oxygen atoms in total. The van der Waals surface area contributed by atoms with Gasteiger partial charge in [-0.3, -0.25) is 4.79 Å². The molecule has 0 aliphatic heterocycles. The Morgan fingerprint density at radius 3 is 2.62 bits per heavy atom. The molecular formula is C17H25NO3. The van der Waals surface area contributed by atoms with Gasteiger partial charge in [-0.05, 0) is 30.4 Å². The van der Waals surface area contributed by atoms with E-state index in [1.165, 1.54) is 12.8 Å². The summed E-state index contributed by atoms with van der Waals surface area (Å²) in [6.07, 6.45) is 3.46. The molecule has 1 amide bonds. The van der Waals surface area contributed by atoms with Gasteiger partial charge in [-0.15, -0.1) is 0 Å². The van der Waals surface area contributed by atoms with Crippen LogP contribution >= 0.6 is 0 Å². The monoisotopic (exact) mass is 291 g/mol. The normalized spacial score (nSPS) is 25.2. The van der Waals surface area contributed by atoms with Crippen molar-refractivity contribution >= 4 is 5.91 Å². The first kappa shape index (κ1) is 15.7. The summed E-state index contributed by atoms with van der Waals surface area (Å²) in [5, 5.41) is 3.17. The third-order valence-corrected chi connectivity index (χ3v) is 4.67. The highest BCUT2D eigenvalue weighted by atomic mass is 16.5. The van der Waals surface area contributed by atoms with E-state index in [0.717, 1.165) is 6.42 Å². The molecule has 1 saturated carbocycles. The minimum absolute atomic E-state index is 0.0864. The summed E-state index contributed by atoms with van der Waals surface area (Å²) >= 11 is 0. The smallest absolute Gasteiger partial charge is 0.255 e. The van der Waals surface area contributed by atoms with Crippen molar-refractivity contribution in [2.24, 2.45) is 11.8 Å². The second-order valence-electron chi connectivity index (χ2n) is 5.89. The average Bonchev–Trinajstić information content (AvgIpc) is 2.50. The molecule has 0 bridgehead atoms. The van der Waals surface area contributed by atoms with E-state index in [0.29, 0.717) is 28.9 Å². The first-order chi connectivity index (χ1) is 10.1. The van der Waals surface area contributed by atoms with Crippen molar-refractivity contribution < 1.29 is 14.3 Å². The van der Waals surface area contributed by atoms with Gasteiger partial charge in [0.1, 0.15) is 0 Å². The van der Waals surface area contributed by atoms with E-state index < -0.39 is 0 Å². The molecule has 1 aromatic carbocycles. The van der Waals surface area contributed by atoms with Gasteiger partial charge in [0.25, 0.3) is 5.91 Å². The van der Waals surface area contributed by atoms with Crippen molar-refractivity contribution in [3.8, 4) is 11.5 Å². The summed E-state index contributed by atoms with van der Waals surface area (Å²) in [4.78, 5) is 12.6. The lowest BCUT2D eigenvalue weighted by Crippen LogP contribution is -2.43. The summed E-state index contributed by atoms with van der Waals surface area (Å²) in [5.74, 6) is 2.14. The number of methoxy groups -OCH3 is 2. The highest BCUT2D eigenvalue weighted by Crippen LogP contribution is 2.32. The van der Waals surface area contributed by atoms with Crippen molar-refractivity contribution in [2.45, 2.75) is 39.2 Å². The van der Waals surface area contributed by atoms with E-state index in [1.807, 2.05) is 6.07 Å². The van der Waals surface area contributed by atoms with E-state index >= 15 is 0 Å². The number of ether oxygens (including phenoxy) is 2. The Hall–Kier alpha value is -1.71. The Morgan fingerprint density at radius 2 is 1.95 bits per heavy atom. The molecule has 1 aliphatic rings. The van der Waals surface area contributed by atoms with Crippen LogP contribution in [0.15, 0.2) is 18.2 Å². The van der Waals surface area contributed by atoms with Crippen LogP contribution in [0.5, 0.6) is 11.5 Å². The second kappa shape index (κ2) is 6.83. The zero-order chi connectivity index (χ0) is 15.4. The van der Waals surface area contributed by atoms with E-state index in [1.54, 1.807) is 26.4 Å². The van der Waals surface area contributed by atoms with Gasteiger partial charge in [-0.25, -0.2) is 0 Å². The van der Waals surface area contributed by atoms with Gasteiger partial charge < -0.3 is 14.8 Å². The van der Waals surface area contributed by atoms with Gasteiger partial charge in [0.05, 0.1) is 19.8 Å². The standard InChI is InChI=1S/C17H25NO3/c1-11-7-5-9-14(12(11)2)18-17(19)13-8-6-10-15(20-3)16(13)21-4/h6,8,10-12,14H,5,7,9H2,1-4H3,(H,18,19). The number of hydrogen-bond acceptors (Lipinski definition) is 3. The largest absolute Gasteiger partial charge is 0.493 e. The molecule has 2 rings (SSSR count). The maximum atomic E-state index is 12.6. The summed E-state index contributed by atoms with van der Waals surface area (Å²) in [5.41, 5.74) is 0.530. The highest BCUT2D eigenvalue weighted by molar-refractivity contribution is 5.98. The van der Waals surface area contributed by atoms with Crippen molar-refractivity contribution in [1.82, 2.24) is 5.32 Å². The third kappa shape index (κ3) is 3.31. The SMILES string of the molecule is COc1cccc(C(=O)NC2CCCC(C)C2C)c1OC. The van der Waals surface area contributed by atoms with Gasteiger partial charge in [-0.2, -0.15) is 0 Å². The third-order valence-electron chi connectivity index (χ3n) is 4.67. The van der Waals surface area contributed by atoms with Crippen molar-refractivity contribution in [1.29, 1.82) is 0 Å². The Kier molecular flexibility index (Phi) is 5.10. The average molecular weight is 291 g/mol. The number of amides is 1. The molecule has 1 N–H and O–H groups in total. The predicted molar refractivity (Wildman–Crippen MR) is 83.0 cm³/mol. The minimum Gasteiger partial charge on any atom is -0.493 e. The molecule has 1 aliphatic carbocycles. The molecule has 0 saturated heterocycles. The van der Waals surface area contributed by atoms with Crippen LogP contribution in [0.4, 0.5) is 0 Å². The zero-order valence-electron chi connectivity index (χ0n) is 13.3. The van der Waals surface area contributed by atoms with Crippen LogP contribution in [0.3, 0.4) is 0 Å². The lowest BCUT2D eigenvalue weighted by atomic mass is 9.78. The summed E-state index contributed by atoms with van der Waals surface area (Å²) < 4.78 is 10.6. The Balaban J connectivity index is 2.17. The highest BCUT2D eigenvalue weighted by Gasteiger charge is 2.29. The quantitative estimate of drug-likeness (QED) is 0.926. The van der Waals surface area contributed by atoms with E-state index in [9.17, 15) is 4.79 Å². The Morgan fingerprint density at radius 1 is 1.19 bits per heavy atom. The number of carbonyl (C=O) groups excluding carboxylic acids is 1.